The Bertz CT molecular complexity index is 361. The zero-order valence-corrected chi connectivity index (χ0v) is 9.00. The Morgan fingerprint density at radius 2 is 1.86 bits per heavy atom. The standard InChI is InChI=1S/C13H16O/c1-9-4-10(2)6-11(5-9)13(3)7-12(13)8-14/h4-6,8,12H,7H2,1-3H3/t12?,13-/m1/s1. The number of carbonyl (C=O) groups excluding carboxylic acids is 1. The van der Waals surface area contributed by atoms with E-state index < -0.39 is 0 Å². The van der Waals surface area contributed by atoms with E-state index in [1.165, 1.54) is 16.7 Å². The lowest BCUT2D eigenvalue weighted by atomic mass is 9.93. The lowest BCUT2D eigenvalue weighted by Gasteiger charge is -2.12. The van der Waals surface area contributed by atoms with Gasteiger partial charge < -0.3 is 4.79 Å². The van der Waals surface area contributed by atoms with Crippen LogP contribution in [-0.4, -0.2) is 6.29 Å². The van der Waals surface area contributed by atoms with E-state index in [1.54, 1.807) is 0 Å². The third kappa shape index (κ3) is 1.37. The van der Waals surface area contributed by atoms with Gasteiger partial charge in [-0.2, -0.15) is 0 Å². The molecule has 1 aromatic rings. The molecule has 0 saturated heterocycles. The van der Waals surface area contributed by atoms with E-state index in [-0.39, 0.29) is 11.3 Å². The largest absolute Gasteiger partial charge is 0.303 e. The smallest absolute Gasteiger partial charge is 0.123 e. The monoisotopic (exact) mass is 188 g/mol. The van der Waals surface area contributed by atoms with Gasteiger partial charge in [-0.05, 0) is 25.8 Å². The fourth-order valence-electron chi connectivity index (χ4n) is 2.23. The molecule has 0 heterocycles. The summed E-state index contributed by atoms with van der Waals surface area (Å²) in [5.74, 6) is 0.240. The summed E-state index contributed by atoms with van der Waals surface area (Å²) in [5.41, 5.74) is 4.03. The van der Waals surface area contributed by atoms with Gasteiger partial charge in [0.15, 0.2) is 0 Å². The van der Waals surface area contributed by atoms with Crippen LogP contribution in [0.1, 0.15) is 30.0 Å². The molecule has 0 bridgehead atoms. The molecular formula is C13H16O. The van der Waals surface area contributed by atoms with Gasteiger partial charge in [0.2, 0.25) is 0 Å². The van der Waals surface area contributed by atoms with E-state index in [1.807, 2.05) is 0 Å². The van der Waals surface area contributed by atoms with E-state index in [4.69, 9.17) is 0 Å². The molecule has 0 aromatic heterocycles. The summed E-state index contributed by atoms with van der Waals surface area (Å²) in [4.78, 5) is 10.7. The van der Waals surface area contributed by atoms with Crippen LogP contribution in [0.5, 0.6) is 0 Å². The first-order chi connectivity index (χ1) is 6.56. The molecular weight excluding hydrogens is 172 g/mol. The molecule has 74 valence electrons. The van der Waals surface area contributed by atoms with Crippen LogP contribution in [0.2, 0.25) is 0 Å². The van der Waals surface area contributed by atoms with Gasteiger partial charge in [-0.25, -0.2) is 0 Å². The zero-order valence-electron chi connectivity index (χ0n) is 9.00. The molecule has 1 fully saturated rings. The fourth-order valence-corrected chi connectivity index (χ4v) is 2.23. The fraction of sp³-hybridized carbons (Fsp3) is 0.462. The molecule has 1 saturated carbocycles. The van der Waals surface area contributed by atoms with Crippen molar-refractivity contribution in [3.05, 3.63) is 34.9 Å². The first kappa shape index (κ1) is 9.45. The molecule has 14 heavy (non-hydrogen) atoms. The second kappa shape index (κ2) is 2.94. The van der Waals surface area contributed by atoms with E-state index >= 15 is 0 Å². The lowest BCUT2D eigenvalue weighted by molar-refractivity contribution is -0.109. The van der Waals surface area contributed by atoms with Crippen molar-refractivity contribution in [1.29, 1.82) is 0 Å². The molecule has 1 unspecified atom stereocenters. The second-order valence-electron chi connectivity index (χ2n) is 4.74. The summed E-state index contributed by atoms with van der Waals surface area (Å²) in [6, 6.07) is 6.58. The molecule has 0 spiro atoms. The number of benzene rings is 1. The normalized spacial score (nSPS) is 30.1. The van der Waals surface area contributed by atoms with Crippen LogP contribution in [-0.2, 0) is 10.2 Å². The van der Waals surface area contributed by atoms with Crippen molar-refractivity contribution in [2.45, 2.75) is 32.6 Å². The third-order valence-electron chi connectivity index (χ3n) is 3.35. The number of hydrogen-bond donors (Lipinski definition) is 0. The molecule has 0 radical (unpaired) electrons. The van der Waals surface area contributed by atoms with Crippen LogP contribution in [0.3, 0.4) is 0 Å². The Morgan fingerprint density at radius 3 is 2.29 bits per heavy atom. The van der Waals surface area contributed by atoms with Crippen LogP contribution in [0, 0.1) is 19.8 Å². The van der Waals surface area contributed by atoms with Crippen LogP contribution in [0.15, 0.2) is 18.2 Å². The van der Waals surface area contributed by atoms with Crippen molar-refractivity contribution < 1.29 is 4.79 Å². The maximum absolute atomic E-state index is 10.7. The summed E-state index contributed by atoms with van der Waals surface area (Å²) in [7, 11) is 0. The number of aldehydes is 1. The van der Waals surface area contributed by atoms with Gasteiger partial charge in [0.1, 0.15) is 6.29 Å². The molecule has 2 atom stereocenters. The zero-order chi connectivity index (χ0) is 10.3. The van der Waals surface area contributed by atoms with Gasteiger partial charge in [0.05, 0.1) is 0 Å². The maximum Gasteiger partial charge on any atom is 0.123 e. The van der Waals surface area contributed by atoms with Gasteiger partial charge in [0.25, 0.3) is 0 Å². The Hall–Kier alpha value is -1.11. The van der Waals surface area contributed by atoms with Gasteiger partial charge in [-0.1, -0.05) is 36.2 Å². The third-order valence-corrected chi connectivity index (χ3v) is 3.35. The number of carbonyl (C=O) groups is 1. The van der Waals surface area contributed by atoms with Crippen molar-refractivity contribution in [3.63, 3.8) is 0 Å². The number of rotatable bonds is 2. The minimum absolute atomic E-state index is 0.124. The van der Waals surface area contributed by atoms with Crippen LogP contribution < -0.4 is 0 Å². The first-order valence-corrected chi connectivity index (χ1v) is 5.10. The number of aryl methyl sites for hydroxylation is 2. The average Bonchev–Trinajstić information content (AvgIpc) is 2.77. The van der Waals surface area contributed by atoms with Crippen molar-refractivity contribution in [2.24, 2.45) is 5.92 Å². The molecule has 0 amide bonds. The minimum atomic E-state index is 0.124. The maximum atomic E-state index is 10.7. The van der Waals surface area contributed by atoms with Crippen LogP contribution >= 0.6 is 0 Å². The van der Waals surface area contributed by atoms with Crippen molar-refractivity contribution in [2.75, 3.05) is 0 Å². The summed E-state index contributed by atoms with van der Waals surface area (Å²) >= 11 is 0. The summed E-state index contributed by atoms with van der Waals surface area (Å²) in [6.07, 6.45) is 2.11. The van der Waals surface area contributed by atoms with Gasteiger partial charge >= 0.3 is 0 Å². The molecule has 0 N–H and O–H groups in total. The van der Waals surface area contributed by atoms with E-state index in [0.29, 0.717) is 0 Å². The molecule has 1 nitrogen and oxygen atoms in total. The highest BCUT2D eigenvalue weighted by Gasteiger charge is 2.51. The highest BCUT2D eigenvalue weighted by molar-refractivity contribution is 5.64. The molecule has 1 aromatic carbocycles. The Balaban J connectivity index is 2.38. The first-order valence-electron chi connectivity index (χ1n) is 5.10. The van der Waals surface area contributed by atoms with E-state index in [0.717, 1.165) is 12.7 Å². The molecule has 0 aliphatic heterocycles. The SMILES string of the molecule is Cc1cc(C)cc([C@@]2(C)CC2C=O)c1. The summed E-state index contributed by atoms with van der Waals surface area (Å²) < 4.78 is 0. The topological polar surface area (TPSA) is 17.1 Å². The van der Waals surface area contributed by atoms with Crippen molar-refractivity contribution >= 4 is 6.29 Å². The number of hydrogen-bond acceptors (Lipinski definition) is 1. The molecule has 1 heteroatoms. The molecule has 1 aliphatic carbocycles. The highest BCUT2D eigenvalue weighted by atomic mass is 16.1. The van der Waals surface area contributed by atoms with E-state index in [2.05, 4.69) is 39.0 Å². The van der Waals surface area contributed by atoms with Gasteiger partial charge in [-0.15, -0.1) is 0 Å². The van der Waals surface area contributed by atoms with Crippen LogP contribution in [0.4, 0.5) is 0 Å². The minimum Gasteiger partial charge on any atom is -0.303 e. The average molecular weight is 188 g/mol. The predicted molar refractivity (Wildman–Crippen MR) is 57.4 cm³/mol. The van der Waals surface area contributed by atoms with Gasteiger partial charge in [0, 0.05) is 11.3 Å². The Kier molecular flexibility index (Phi) is 1.99. The molecule has 2 rings (SSSR count). The Morgan fingerprint density at radius 1 is 1.29 bits per heavy atom. The second-order valence-corrected chi connectivity index (χ2v) is 4.74. The van der Waals surface area contributed by atoms with Crippen LogP contribution in [0.25, 0.3) is 0 Å². The highest BCUT2D eigenvalue weighted by Crippen LogP contribution is 2.52. The summed E-state index contributed by atoms with van der Waals surface area (Å²) in [5, 5.41) is 0. The quantitative estimate of drug-likeness (QED) is 0.652. The van der Waals surface area contributed by atoms with Gasteiger partial charge in [-0.3, -0.25) is 0 Å². The Labute approximate surface area is 85.1 Å². The predicted octanol–water partition coefficient (Wildman–Crippen LogP) is 2.78. The van der Waals surface area contributed by atoms with Crippen molar-refractivity contribution in [1.82, 2.24) is 0 Å². The summed E-state index contributed by atoms with van der Waals surface area (Å²) in [6.45, 7) is 6.40. The van der Waals surface area contributed by atoms with Crippen molar-refractivity contribution in [3.8, 4) is 0 Å². The van der Waals surface area contributed by atoms with E-state index in [9.17, 15) is 4.79 Å². The molecule has 1 aliphatic rings. The lowest BCUT2D eigenvalue weighted by Crippen LogP contribution is -2.05.